The zero-order valence-electron chi connectivity index (χ0n) is 8.13. The average Bonchev–Trinajstić information content (AvgIpc) is 2.19. The Morgan fingerprint density at radius 3 is 2.79 bits per heavy atom. The Kier molecular flexibility index (Phi) is 5.05. The molecule has 0 aromatic carbocycles. The predicted molar refractivity (Wildman–Crippen MR) is 64.4 cm³/mol. The van der Waals surface area contributed by atoms with Gasteiger partial charge in [-0.2, -0.15) is 0 Å². The molecule has 0 amide bonds. The Labute approximate surface area is 102 Å². The second-order valence-corrected chi connectivity index (χ2v) is 4.24. The van der Waals surface area contributed by atoms with Gasteiger partial charge in [-0.25, -0.2) is 9.97 Å². The zero-order chi connectivity index (χ0) is 10.6. The SMILES string of the molecule is CCOC(CC)c1ncc(I)c(Cl)n1. The summed E-state index contributed by atoms with van der Waals surface area (Å²) in [4.78, 5) is 8.39. The van der Waals surface area contributed by atoms with Gasteiger partial charge in [-0.1, -0.05) is 18.5 Å². The van der Waals surface area contributed by atoms with E-state index in [-0.39, 0.29) is 6.10 Å². The number of ether oxygens (including phenoxy) is 1. The van der Waals surface area contributed by atoms with Crippen LogP contribution in [0.15, 0.2) is 6.20 Å². The molecule has 0 bridgehead atoms. The summed E-state index contributed by atoms with van der Waals surface area (Å²) in [5, 5.41) is 0.494. The van der Waals surface area contributed by atoms with E-state index < -0.39 is 0 Å². The number of hydrogen-bond donors (Lipinski definition) is 0. The summed E-state index contributed by atoms with van der Waals surface area (Å²) in [6, 6.07) is 0. The molecule has 0 fully saturated rings. The van der Waals surface area contributed by atoms with Crippen molar-refractivity contribution in [1.82, 2.24) is 9.97 Å². The van der Waals surface area contributed by atoms with E-state index in [1.165, 1.54) is 0 Å². The molecule has 0 aliphatic carbocycles. The van der Waals surface area contributed by atoms with Crippen LogP contribution in [0.2, 0.25) is 5.15 Å². The van der Waals surface area contributed by atoms with Gasteiger partial charge in [-0.3, -0.25) is 0 Å². The molecule has 0 N–H and O–H groups in total. The Morgan fingerprint density at radius 2 is 2.29 bits per heavy atom. The molecule has 0 aliphatic rings. The van der Waals surface area contributed by atoms with Gasteiger partial charge in [0.15, 0.2) is 5.82 Å². The molecule has 1 aromatic heterocycles. The van der Waals surface area contributed by atoms with Crippen molar-refractivity contribution in [3.8, 4) is 0 Å². The van der Waals surface area contributed by atoms with Crippen molar-refractivity contribution in [2.45, 2.75) is 26.4 Å². The summed E-state index contributed by atoms with van der Waals surface area (Å²) in [6.45, 7) is 4.65. The van der Waals surface area contributed by atoms with Gasteiger partial charge >= 0.3 is 0 Å². The van der Waals surface area contributed by atoms with Crippen LogP contribution in [0.3, 0.4) is 0 Å². The molecule has 1 atom stereocenters. The van der Waals surface area contributed by atoms with Crippen LogP contribution in [0.25, 0.3) is 0 Å². The molecule has 5 heteroatoms. The lowest BCUT2D eigenvalue weighted by Gasteiger charge is -2.13. The van der Waals surface area contributed by atoms with Crippen molar-refractivity contribution in [3.63, 3.8) is 0 Å². The maximum Gasteiger partial charge on any atom is 0.158 e. The highest BCUT2D eigenvalue weighted by atomic mass is 127. The van der Waals surface area contributed by atoms with E-state index in [1.54, 1.807) is 6.20 Å². The summed E-state index contributed by atoms with van der Waals surface area (Å²) in [5.74, 6) is 0.666. The lowest BCUT2D eigenvalue weighted by Crippen LogP contribution is -2.08. The Hall–Kier alpha value is 0.0600. The number of halogens is 2. The van der Waals surface area contributed by atoms with Crippen molar-refractivity contribution in [2.24, 2.45) is 0 Å². The third kappa shape index (κ3) is 3.03. The van der Waals surface area contributed by atoms with Crippen LogP contribution >= 0.6 is 34.2 Å². The Balaban J connectivity index is 2.88. The topological polar surface area (TPSA) is 35.0 Å². The second-order valence-electron chi connectivity index (χ2n) is 2.72. The summed E-state index contributed by atoms with van der Waals surface area (Å²) in [7, 11) is 0. The molecule has 0 saturated carbocycles. The lowest BCUT2D eigenvalue weighted by molar-refractivity contribution is 0.0534. The summed E-state index contributed by atoms with van der Waals surface area (Å²) in [5.41, 5.74) is 0. The van der Waals surface area contributed by atoms with Crippen molar-refractivity contribution < 1.29 is 4.74 Å². The number of rotatable bonds is 4. The fourth-order valence-corrected chi connectivity index (χ4v) is 1.49. The lowest BCUT2D eigenvalue weighted by atomic mass is 10.2. The van der Waals surface area contributed by atoms with Gasteiger partial charge in [0.25, 0.3) is 0 Å². The quantitative estimate of drug-likeness (QED) is 0.629. The largest absolute Gasteiger partial charge is 0.371 e. The van der Waals surface area contributed by atoms with Gasteiger partial charge in [-0.15, -0.1) is 0 Å². The van der Waals surface area contributed by atoms with Crippen LogP contribution in [0.1, 0.15) is 32.2 Å². The molecule has 1 aromatic rings. The van der Waals surface area contributed by atoms with Gasteiger partial charge in [0.2, 0.25) is 0 Å². The number of hydrogen-bond acceptors (Lipinski definition) is 3. The van der Waals surface area contributed by atoms with Gasteiger partial charge in [0.1, 0.15) is 11.3 Å². The molecular weight excluding hydrogens is 314 g/mol. The minimum atomic E-state index is -0.0468. The molecule has 1 heterocycles. The fraction of sp³-hybridized carbons (Fsp3) is 0.556. The van der Waals surface area contributed by atoms with Crippen molar-refractivity contribution in [3.05, 3.63) is 20.7 Å². The van der Waals surface area contributed by atoms with Crippen LogP contribution < -0.4 is 0 Å². The molecule has 0 aliphatic heterocycles. The van der Waals surface area contributed by atoms with E-state index in [1.807, 2.05) is 13.8 Å². The second kappa shape index (κ2) is 5.82. The summed E-state index contributed by atoms with van der Waals surface area (Å²) < 4.78 is 6.35. The Bertz CT molecular complexity index is 309. The first kappa shape index (κ1) is 12.1. The molecular formula is C9H12ClIN2O. The molecule has 0 radical (unpaired) electrons. The van der Waals surface area contributed by atoms with Crippen molar-refractivity contribution >= 4 is 34.2 Å². The molecule has 1 rings (SSSR count). The van der Waals surface area contributed by atoms with Crippen molar-refractivity contribution in [1.29, 1.82) is 0 Å². The van der Waals surface area contributed by atoms with Gasteiger partial charge in [0.05, 0.1) is 3.57 Å². The fourth-order valence-electron chi connectivity index (χ4n) is 1.09. The highest BCUT2D eigenvalue weighted by Gasteiger charge is 2.13. The number of aromatic nitrogens is 2. The standard InChI is InChI=1S/C9H12ClIN2O/c1-3-7(14-4-2)9-12-5-6(11)8(10)13-9/h5,7H,3-4H2,1-2H3. The summed E-state index contributed by atoms with van der Waals surface area (Å²) >= 11 is 8.00. The van der Waals surface area contributed by atoms with E-state index in [9.17, 15) is 0 Å². The average molecular weight is 327 g/mol. The van der Waals surface area contributed by atoms with Gasteiger partial charge in [0, 0.05) is 12.8 Å². The Morgan fingerprint density at radius 1 is 1.57 bits per heavy atom. The van der Waals surface area contributed by atoms with Crippen molar-refractivity contribution in [2.75, 3.05) is 6.61 Å². The maximum atomic E-state index is 5.90. The monoisotopic (exact) mass is 326 g/mol. The van der Waals surface area contributed by atoms with E-state index in [2.05, 4.69) is 32.6 Å². The third-order valence-corrected chi connectivity index (χ3v) is 3.14. The third-order valence-electron chi connectivity index (χ3n) is 1.75. The van der Waals surface area contributed by atoms with Crippen LogP contribution in [-0.4, -0.2) is 16.6 Å². The molecule has 3 nitrogen and oxygen atoms in total. The highest BCUT2D eigenvalue weighted by Crippen LogP contribution is 2.21. The maximum absolute atomic E-state index is 5.90. The highest BCUT2D eigenvalue weighted by molar-refractivity contribution is 14.1. The first-order chi connectivity index (χ1) is 6.69. The van der Waals surface area contributed by atoms with Gasteiger partial charge in [-0.05, 0) is 35.9 Å². The van der Waals surface area contributed by atoms with Gasteiger partial charge < -0.3 is 4.74 Å². The normalized spacial score (nSPS) is 12.9. The van der Waals surface area contributed by atoms with E-state index in [0.717, 1.165) is 9.99 Å². The van der Waals surface area contributed by atoms with E-state index in [0.29, 0.717) is 17.6 Å². The molecule has 0 spiro atoms. The molecule has 1 unspecified atom stereocenters. The predicted octanol–water partition coefficient (Wildman–Crippen LogP) is 3.22. The molecule has 14 heavy (non-hydrogen) atoms. The van der Waals surface area contributed by atoms with Crippen LogP contribution in [0.4, 0.5) is 0 Å². The molecule has 78 valence electrons. The number of nitrogens with zero attached hydrogens (tertiary/aromatic N) is 2. The first-order valence-corrected chi connectivity index (χ1v) is 5.94. The van der Waals surface area contributed by atoms with Crippen LogP contribution in [0.5, 0.6) is 0 Å². The smallest absolute Gasteiger partial charge is 0.158 e. The summed E-state index contributed by atoms with van der Waals surface area (Å²) in [6.07, 6.45) is 2.52. The zero-order valence-corrected chi connectivity index (χ0v) is 11.0. The van der Waals surface area contributed by atoms with E-state index >= 15 is 0 Å². The first-order valence-electron chi connectivity index (χ1n) is 4.48. The van der Waals surface area contributed by atoms with E-state index in [4.69, 9.17) is 16.3 Å². The molecule has 0 saturated heterocycles. The minimum absolute atomic E-state index is 0.0468. The van der Waals surface area contributed by atoms with Crippen LogP contribution in [0, 0.1) is 3.57 Å². The van der Waals surface area contributed by atoms with Crippen LogP contribution in [-0.2, 0) is 4.74 Å². The minimum Gasteiger partial charge on any atom is -0.371 e.